The maximum atomic E-state index is 12.9. The molecule has 0 N–H and O–H groups in total. The van der Waals surface area contributed by atoms with E-state index in [-0.39, 0.29) is 18.4 Å². The first-order valence-electron chi connectivity index (χ1n) is 8.30. The van der Waals surface area contributed by atoms with Crippen molar-refractivity contribution in [1.82, 2.24) is 4.90 Å². The van der Waals surface area contributed by atoms with Gasteiger partial charge in [0.25, 0.3) is 5.91 Å². The van der Waals surface area contributed by atoms with Crippen LogP contribution >= 0.6 is 0 Å². The van der Waals surface area contributed by atoms with E-state index in [0.29, 0.717) is 25.3 Å². The molecule has 1 amide bonds. The number of hydrogen-bond acceptors (Lipinski definition) is 4. The van der Waals surface area contributed by atoms with Gasteiger partial charge in [0.2, 0.25) is 5.60 Å². The fourth-order valence-corrected chi connectivity index (χ4v) is 4.43. The van der Waals surface area contributed by atoms with Gasteiger partial charge in [-0.3, -0.25) is 4.79 Å². The lowest BCUT2D eigenvalue weighted by Crippen LogP contribution is -2.58. The SMILES string of the molecule is C=CCCN1C(=O)C2(C(=O)OCC)CC3CCC(C)C[C@]31O2. The molecule has 4 atom stereocenters. The Hall–Kier alpha value is -1.36. The summed E-state index contributed by atoms with van der Waals surface area (Å²) in [7, 11) is 0. The minimum atomic E-state index is -1.40. The zero-order chi connectivity index (χ0) is 16.0. The van der Waals surface area contributed by atoms with Crippen LogP contribution in [0, 0.1) is 11.8 Å². The molecule has 0 aromatic rings. The van der Waals surface area contributed by atoms with Crippen LogP contribution in [0.5, 0.6) is 0 Å². The van der Waals surface area contributed by atoms with Gasteiger partial charge in [-0.1, -0.05) is 19.4 Å². The number of likely N-dealkylation sites (tertiary alicyclic amines) is 1. The Balaban J connectivity index is 1.97. The van der Waals surface area contributed by atoms with Gasteiger partial charge in [0.05, 0.1) is 6.61 Å². The normalized spacial score (nSPS) is 39.7. The number of amides is 1. The van der Waals surface area contributed by atoms with Gasteiger partial charge in [0.1, 0.15) is 5.72 Å². The highest BCUT2D eigenvalue weighted by Gasteiger charge is 2.74. The van der Waals surface area contributed by atoms with Gasteiger partial charge in [-0.15, -0.1) is 6.58 Å². The van der Waals surface area contributed by atoms with E-state index in [2.05, 4.69) is 13.5 Å². The smallest absolute Gasteiger partial charge is 0.348 e. The summed E-state index contributed by atoms with van der Waals surface area (Å²) in [5.74, 6) is 0.00248. The topological polar surface area (TPSA) is 55.8 Å². The number of ether oxygens (including phenoxy) is 2. The first kappa shape index (κ1) is 15.5. The number of esters is 1. The largest absolute Gasteiger partial charge is 0.463 e. The van der Waals surface area contributed by atoms with Crippen LogP contribution in [-0.4, -0.2) is 41.3 Å². The van der Waals surface area contributed by atoms with Crippen molar-refractivity contribution in [2.75, 3.05) is 13.2 Å². The van der Waals surface area contributed by atoms with Gasteiger partial charge in [0, 0.05) is 18.9 Å². The summed E-state index contributed by atoms with van der Waals surface area (Å²) in [5, 5.41) is 0. The van der Waals surface area contributed by atoms with Crippen molar-refractivity contribution in [2.24, 2.45) is 11.8 Å². The van der Waals surface area contributed by atoms with E-state index in [9.17, 15) is 9.59 Å². The Morgan fingerprint density at radius 3 is 2.95 bits per heavy atom. The van der Waals surface area contributed by atoms with E-state index in [0.717, 1.165) is 19.3 Å². The molecular formula is C17H25NO4. The fourth-order valence-electron chi connectivity index (χ4n) is 4.43. The van der Waals surface area contributed by atoms with E-state index < -0.39 is 17.3 Å². The number of rotatable bonds is 5. The Bertz CT molecular complexity index is 505. The molecular weight excluding hydrogens is 282 g/mol. The van der Waals surface area contributed by atoms with Gasteiger partial charge in [0.15, 0.2) is 0 Å². The molecule has 2 bridgehead atoms. The molecule has 3 unspecified atom stereocenters. The highest BCUT2D eigenvalue weighted by molar-refractivity contribution is 6.08. The fraction of sp³-hybridized carbons (Fsp3) is 0.765. The molecule has 2 heterocycles. The summed E-state index contributed by atoms with van der Waals surface area (Å²) in [6.45, 7) is 8.50. The van der Waals surface area contributed by atoms with Crippen LogP contribution in [0.15, 0.2) is 12.7 Å². The maximum absolute atomic E-state index is 12.9. The van der Waals surface area contributed by atoms with Crippen molar-refractivity contribution in [1.29, 1.82) is 0 Å². The molecule has 0 aromatic heterocycles. The van der Waals surface area contributed by atoms with Crippen molar-refractivity contribution in [2.45, 2.75) is 57.3 Å². The first-order chi connectivity index (χ1) is 10.5. The van der Waals surface area contributed by atoms with Gasteiger partial charge >= 0.3 is 5.97 Å². The molecule has 22 heavy (non-hydrogen) atoms. The Labute approximate surface area is 131 Å². The molecule has 2 aliphatic heterocycles. The van der Waals surface area contributed by atoms with Crippen LogP contribution in [0.3, 0.4) is 0 Å². The third-order valence-electron chi connectivity index (χ3n) is 5.38. The molecule has 2 saturated heterocycles. The highest BCUT2D eigenvalue weighted by atomic mass is 16.6. The van der Waals surface area contributed by atoms with Gasteiger partial charge in [-0.2, -0.15) is 0 Å². The van der Waals surface area contributed by atoms with Crippen LogP contribution in [-0.2, 0) is 19.1 Å². The second kappa shape index (κ2) is 5.37. The van der Waals surface area contributed by atoms with E-state index in [4.69, 9.17) is 9.47 Å². The van der Waals surface area contributed by atoms with E-state index in [1.54, 1.807) is 17.9 Å². The summed E-state index contributed by atoms with van der Waals surface area (Å²) in [6, 6.07) is 0. The summed E-state index contributed by atoms with van der Waals surface area (Å²) >= 11 is 0. The number of carbonyl (C=O) groups is 2. The van der Waals surface area contributed by atoms with Crippen LogP contribution in [0.2, 0.25) is 0 Å². The van der Waals surface area contributed by atoms with Crippen molar-refractivity contribution in [3.8, 4) is 0 Å². The number of nitrogens with zero attached hydrogens (tertiary/aromatic N) is 1. The average molecular weight is 307 g/mol. The molecule has 1 aliphatic carbocycles. The third kappa shape index (κ3) is 1.94. The Kier molecular flexibility index (Phi) is 3.79. The first-order valence-corrected chi connectivity index (χ1v) is 8.30. The molecule has 0 aromatic carbocycles. The van der Waals surface area contributed by atoms with E-state index in [1.165, 1.54) is 0 Å². The standard InChI is InChI=1S/C17H25NO4/c1-4-6-9-18-14(19)16(15(20)21-5-2)11-13-8-7-12(3)10-17(13,18)22-16/h4,12-13H,1,5-11H2,2-3H3/t12?,13?,16?,17-/m0/s1. The third-order valence-corrected chi connectivity index (χ3v) is 5.38. The minimum absolute atomic E-state index is 0.210. The van der Waals surface area contributed by atoms with Crippen molar-refractivity contribution >= 4 is 11.9 Å². The van der Waals surface area contributed by atoms with Crippen LogP contribution < -0.4 is 0 Å². The lowest BCUT2D eigenvalue weighted by atomic mass is 9.71. The van der Waals surface area contributed by atoms with E-state index >= 15 is 0 Å². The molecule has 3 aliphatic rings. The second-order valence-electron chi connectivity index (χ2n) is 6.82. The predicted molar refractivity (Wildman–Crippen MR) is 80.8 cm³/mol. The zero-order valence-corrected chi connectivity index (χ0v) is 13.5. The number of fused-ring (bicyclic) bond motifs is 1. The summed E-state index contributed by atoms with van der Waals surface area (Å²) in [5.41, 5.74) is -2.00. The van der Waals surface area contributed by atoms with Crippen LogP contribution in [0.4, 0.5) is 0 Å². The van der Waals surface area contributed by atoms with Crippen LogP contribution in [0.25, 0.3) is 0 Å². The lowest BCUT2D eigenvalue weighted by molar-refractivity contribution is -0.175. The molecule has 3 fully saturated rings. The summed E-state index contributed by atoms with van der Waals surface area (Å²) < 4.78 is 11.4. The molecule has 1 spiro atoms. The average Bonchev–Trinajstić information content (AvgIpc) is 2.94. The summed E-state index contributed by atoms with van der Waals surface area (Å²) in [6.07, 6.45) is 5.91. The monoisotopic (exact) mass is 307 g/mol. The molecule has 3 rings (SSSR count). The minimum Gasteiger partial charge on any atom is -0.463 e. The molecule has 122 valence electrons. The quantitative estimate of drug-likeness (QED) is 0.444. The zero-order valence-electron chi connectivity index (χ0n) is 13.5. The summed E-state index contributed by atoms with van der Waals surface area (Å²) in [4.78, 5) is 27.2. The van der Waals surface area contributed by atoms with Crippen molar-refractivity contribution in [3.63, 3.8) is 0 Å². The van der Waals surface area contributed by atoms with E-state index in [1.807, 2.05) is 0 Å². The second-order valence-corrected chi connectivity index (χ2v) is 6.82. The lowest BCUT2D eigenvalue weighted by Gasteiger charge is -2.46. The predicted octanol–water partition coefficient (Wildman–Crippen LogP) is 2.26. The molecule has 5 heteroatoms. The molecule has 0 radical (unpaired) electrons. The number of hydrogen-bond donors (Lipinski definition) is 0. The molecule has 1 saturated carbocycles. The Morgan fingerprint density at radius 2 is 2.27 bits per heavy atom. The highest BCUT2D eigenvalue weighted by Crippen LogP contribution is 2.59. The number of carbonyl (C=O) groups excluding carboxylic acids is 2. The van der Waals surface area contributed by atoms with Crippen LogP contribution in [0.1, 0.15) is 46.0 Å². The van der Waals surface area contributed by atoms with Crippen molar-refractivity contribution in [3.05, 3.63) is 12.7 Å². The molecule has 5 nitrogen and oxygen atoms in total. The van der Waals surface area contributed by atoms with Gasteiger partial charge in [-0.05, 0) is 32.1 Å². The Morgan fingerprint density at radius 1 is 1.50 bits per heavy atom. The number of piperidine rings is 1. The van der Waals surface area contributed by atoms with Gasteiger partial charge < -0.3 is 14.4 Å². The van der Waals surface area contributed by atoms with Gasteiger partial charge in [-0.25, -0.2) is 4.79 Å². The van der Waals surface area contributed by atoms with Crippen molar-refractivity contribution < 1.29 is 19.1 Å². The maximum Gasteiger partial charge on any atom is 0.348 e.